The minimum atomic E-state index is 0.252. The zero-order chi connectivity index (χ0) is 14.7. The van der Waals surface area contributed by atoms with Crippen LogP contribution in [-0.4, -0.2) is 12.2 Å². The van der Waals surface area contributed by atoms with Crippen LogP contribution in [0.1, 0.15) is 11.1 Å². The quantitative estimate of drug-likeness (QED) is 0.769. The topological polar surface area (TPSA) is 29.5 Å². The number of ether oxygens (including phenoxy) is 1. The summed E-state index contributed by atoms with van der Waals surface area (Å²) in [5.41, 5.74) is 2.41. The predicted molar refractivity (Wildman–Crippen MR) is 86.0 cm³/mol. The summed E-state index contributed by atoms with van der Waals surface area (Å²) in [5, 5.41) is 12.3. The molecule has 0 atom stereocenters. The summed E-state index contributed by atoms with van der Waals surface area (Å²) < 4.78 is 5.20. The smallest absolute Gasteiger partial charge is 0.122 e. The summed E-state index contributed by atoms with van der Waals surface area (Å²) in [5.74, 6) is 0.949. The van der Waals surface area contributed by atoms with Gasteiger partial charge in [0.25, 0.3) is 0 Å². The van der Waals surface area contributed by atoms with Crippen molar-refractivity contribution in [1.29, 1.82) is 0 Å². The molecular weight excluding hydrogens is 260 g/mol. The van der Waals surface area contributed by atoms with Crippen molar-refractivity contribution in [3.05, 3.63) is 71.8 Å². The monoisotopic (exact) mass is 278 g/mol. The predicted octanol–water partition coefficient (Wildman–Crippen LogP) is 4.34. The molecule has 0 fully saturated rings. The van der Waals surface area contributed by atoms with E-state index in [1.54, 1.807) is 19.2 Å². The molecule has 0 spiro atoms. The lowest BCUT2D eigenvalue weighted by Crippen LogP contribution is -1.94. The third kappa shape index (κ3) is 3.00. The SMILES string of the molecule is COc1cc(O)cc(CCc2cccc3ccccc23)c1. The van der Waals surface area contributed by atoms with Gasteiger partial charge in [0.2, 0.25) is 0 Å². The lowest BCUT2D eigenvalue weighted by molar-refractivity contribution is 0.407. The van der Waals surface area contributed by atoms with E-state index in [1.165, 1.54) is 16.3 Å². The van der Waals surface area contributed by atoms with Gasteiger partial charge in [-0.1, -0.05) is 42.5 Å². The number of fused-ring (bicyclic) bond motifs is 1. The minimum absolute atomic E-state index is 0.252. The number of phenolic OH excluding ortho intramolecular Hbond substituents is 1. The molecule has 2 nitrogen and oxygen atoms in total. The molecule has 21 heavy (non-hydrogen) atoms. The van der Waals surface area contributed by atoms with Crippen molar-refractivity contribution in [2.75, 3.05) is 7.11 Å². The van der Waals surface area contributed by atoms with E-state index in [2.05, 4.69) is 42.5 Å². The first-order chi connectivity index (χ1) is 10.3. The molecule has 0 aliphatic heterocycles. The number of phenols is 1. The Kier molecular flexibility index (Phi) is 3.78. The molecule has 3 aromatic rings. The fourth-order valence-corrected chi connectivity index (χ4v) is 2.70. The van der Waals surface area contributed by atoms with Gasteiger partial charge in [0.1, 0.15) is 11.5 Å². The maximum absolute atomic E-state index is 9.71. The first kappa shape index (κ1) is 13.5. The fourth-order valence-electron chi connectivity index (χ4n) is 2.70. The van der Waals surface area contributed by atoms with Crippen LogP contribution >= 0.6 is 0 Å². The molecule has 0 bridgehead atoms. The van der Waals surface area contributed by atoms with Crippen LogP contribution in [0.4, 0.5) is 0 Å². The highest BCUT2D eigenvalue weighted by molar-refractivity contribution is 5.85. The maximum atomic E-state index is 9.71. The number of methoxy groups -OCH3 is 1. The van der Waals surface area contributed by atoms with E-state index in [9.17, 15) is 5.11 Å². The number of hydrogen-bond acceptors (Lipinski definition) is 2. The average Bonchev–Trinajstić information content (AvgIpc) is 2.52. The van der Waals surface area contributed by atoms with E-state index < -0.39 is 0 Å². The third-order valence-corrected chi connectivity index (χ3v) is 3.75. The van der Waals surface area contributed by atoms with Crippen molar-refractivity contribution in [3.63, 3.8) is 0 Å². The Balaban J connectivity index is 1.85. The van der Waals surface area contributed by atoms with Gasteiger partial charge in [-0.25, -0.2) is 0 Å². The van der Waals surface area contributed by atoms with Crippen molar-refractivity contribution in [2.45, 2.75) is 12.8 Å². The van der Waals surface area contributed by atoms with Crippen LogP contribution in [-0.2, 0) is 12.8 Å². The van der Waals surface area contributed by atoms with Gasteiger partial charge in [-0.3, -0.25) is 0 Å². The summed E-state index contributed by atoms with van der Waals surface area (Å²) in [6.45, 7) is 0. The molecular formula is C19H18O2. The highest BCUT2D eigenvalue weighted by atomic mass is 16.5. The fraction of sp³-hybridized carbons (Fsp3) is 0.158. The van der Waals surface area contributed by atoms with Crippen molar-refractivity contribution in [2.24, 2.45) is 0 Å². The Bertz CT molecular complexity index is 757. The Morgan fingerprint density at radius 1 is 0.905 bits per heavy atom. The van der Waals surface area contributed by atoms with Crippen molar-refractivity contribution in [1.82, 2.24) is 0 Å². The van der Waals surface area contributed by atoms with E-state index in [0.717, 1.165) is 18.4 Å². The molecule has 0 unspecified atom stereocenters. The number of rotatable bonds is 4. The van der Waals surface area contributed by atoms with Gasteiger partial charge in [-0.05, 0) is 46.9 Å². The second-order valence-corrected chi connectivity index (χ2v) is 5.18. The first-order valence-corrected chi connectivity index (χ1v) is 7.10. The molecule has 1 N–H and O–H groups in total. The lowest BCUT2D eigenvalue weighted by atomic mass is 9.98. The number of benzene rings is 3. The van der Waals surface area contributed by atoms with Crippen LogP contribution in [0, 0.1) is 0 Å². The molecule has 3 aromatic carbocycles. The molecule has 0 saturated heterocycles. The molecule has 3 rings (SSSR count). The van der Waals surface area contributed by atoms with Crippen LogP contribution in [0.15, 0.2) is 60.7 Å². The normalized spacial score (nSPS) is 10.7. The molecule has 0 aliphatic carbocycles. The summed E-state index contributed by atoms with van der Waals surface area (Å²) in [6, 6.07) is 20.2. The van der Waals surface area contributed by atoms with Gasteiger partial charge < -0.3 is 9.84 Å². The van der Waals surface area contributed by atoms with Gasteiger partial charge in [0.15, 0.2) is 0 Å². The Hall–Kier alpha value is -2.48. The molecule has 0 amide bonds. The van der Waals surface area contributed by atoms with Gasteiger partial charge in [-0.2, -0.15) is 0 Å². The van der Waals surface area contributed by atoms with Gasteiger partial charge >= 0.3 is 0 Å². The molecule has 106 valence electrons. The van der Waals surface area contributed by atoms with Gasteiger partial charge in [0.05, 0.1) is 7.11 Å². The first-order valence-electron chi connectivity index (χ1n) is 7.10. The minimum Gasteiger partial charge on any atom is -0.508 e. The Morgan fingerprint density at radius 3 is 2.57 bits per heavy atom. The van der Waals surface area contributed by atoms with Gasteiger partial charge in [0, 0.05) is 6.07 Å². The highest BCUT2D eigenvalue weighted by Gasteiger charge is 2.04. The van der Waals surface area contributed by atoms with Crippen molar-refractivity contribution >= 4 is 10.8 Å². The van der Waals surface area contributed by atoms with Crippen LogP contribution in [0.3, 0.4) is 0 Å². The number of aromatic hydroxyl groups is 1. The number of hydrogen-bond donors (Lipinski definition) is 1. The molecule has 0 radical (unpaired) electrons. The summed E-state index contributed by atoms with van der Waals surface area (Å²) in [6.07, 6.45) is 1.81. The van der Waals surface area contributed by atoms with Crippen LogP contribution in [0.5, 0.6) is 11.5 Å². The standard InChI is InChI=1S/C19H18O2/c1-21-18-12-14(11-17(20)13-18)9-10-16-7-4-6-15-5-2-3-8-19(15)16/h2-8,11-13,20H,9-10H2,1H3. The number of aryl methyl sites for hydroxylation is 2. The van der Waals surface area contributed by atoms with Crippen molar-refractivity contribution < 1.29 is 9.84 Å². The molecule has 0 aromatic heterocycles. The summed E-state index contributed by atoms with van der Waals surface area (Å²) in [7, 11) is 1.61. The van der Waals surface area contributed by atoms with E-state index in [4.69, 9.17) is 4.74 Å². The average molecular weight is 278 g/mol. The molecule has 0 heterocycles. The summed E-state index contributed by atoms with van der Waals surface area (Å²) in [4.78, 5) is 0. The molecule has 0 aliphatic rings. The second-order valence-electron chi connectivity index (χ2n) is 5.18. The van der Waals surface area contributed by atoms with Crippen molar-refractivity contribution in [3.8, 4) is 11.5 Å². The second kappa shape index (κ2) is 5.88. The van der Waals surface area contributed by atoms with Crippen LogP contribution < -0.4 is 4.74 Å². The lowest BCUT2D eigenvalue weighted by Gasteiger charge is -2.08. The van der Waals surface area contributed by atoms with E-state index in [-0.39, 0.29) is 5.75 Å². The zero-order valence-electron chi connectivity index (χ0n) is 12.0. The summed E-state index contributed by atoms with van der Waals surface area (Å²) >= 11 is 0. The van der Waals surface area contributed by atoms with Crippen LogP contribution in [0.25, 0.3) is 10.8 Å². The van der Waals surface area contributed by atoms with E-state index in [0.29, 0.717) is 5.75 Å². The third-order valence-electron chi connectivity index (χ3n) is 3.75. The Morgan fingerprint density at radius 2 is 1.71 bits per heavy atom. The highest BCUT2D eigenvalue weighted by Crippen LogP contribution is 2.24. The molecule has 0 saturated carbocycles. The van der Waals surface area contributed by atoms with E-state index >= 15 is 0 Å². The Labute approximate surface area is 124 Å². The maximum Gasteiger partial charge on any atom is 0.122 e. The largest absolute Gasteiger partial charge is 0.508 e. The van der Waals surface area contributed by atoms with E-state index in [1.807, 2.05) is 6.07 Å². The van der Waals surface area contributed by atoms with Crippen LogP contribution in [0.2, 0.25) is 0 Å². The zero-order valence-corrected chi connectivity index (χ0v) is 12.0. The molecule has 2 heteroatoms. The van der Waals surface area contributed by atoms with Gasteiger partial charge in [-0.15, -0.1) is 0 Å².